The summed E-state index contributed by atoms with van der Waals surface area (Å²) >= 11 is 2.47. The average molecular weight is 318 g/mol. The third kappa shape index (κ3) is 4.28. The largest absolute Gasteiger partial charge is 0.598 e. The number of rotatable bonds is 3. The summed E-state index contributed by atoms with van der Waals surface area (Å²) in [5.74, 6) is 0. The second-order valence-corrected chi connectivity index (χ2v) is 8.08. The second-order valence-electron chi connectivity index (χ2n) is 5.23. The molecule has 0 amide bonds. The van der Waals surface area contributed by atoms with Crippen LogP contribution in [0.25, 0.3) is 0 Å². The SMILES string of the molecule is Cc1ccc([C@@H](C)N[S+]([O-])C(C)(C)C)cc1Br. The first-order valence-corrected chi connectivity index (χ1v) is 7.60. The molecule has 0 fully saturated rings. The smallest absolute Gasteiger partial charge is 0.136 e. The van der Waals surface area contributed by atoms with E-state index in [2.05, 4.69) is 45.8 Å². The Morgan fingerprint density at radius 3 is 2.41 bits per heavy atom. The van der Waals surface area contributed by atoms with E-state index in [1.54, 1.807) is 0 Å². The highest BCUT2D eigenvalue weighted by molar-refractivity contribution is 9.10. The Bertz CT molecular complexity index is 389. The van der Waals surface area contributed by atoms with Gasteiger partial charge in [0.1, 0.15) is 4.75 Å². The molecule has 0 aromatic heterocycles. The lowest BCUT2D eigenvalue weighted by Gasteiger charge is -2.26. The second kappa shape index (κ2) is 5.74. The van der Waals surface area contributed by atoms with Crippen LogP contribution in [0.5, 0.6) is 0 Å². The van der Waals surface area contributed by atoms with Gasteiger partial charge in [0.2, 0.25) is 0 Å². The fourth-order valence-electron chi connectivity index (χ4n) is 1.28. The van der Waals surface area contributed by atoms with E-state index in [9.17, 15) is 4.55 Å². The van der Waals surface area contributed by atoms with E-state index in [0.717, 1.165) is 10.0 Å². The predicted octanol–water partition coefficient (Wildman–Crippen LogP) is 3.87. The number of aryl methyl sites for hydroxylation is 1. The molecule has 0 aliphatic heterocycles. The number of nitrogens with one attached hydrogen (secondary N) is 1. The van der Waals surface area contributed by atoms with Gasteiger partial charge in [0, 0.05) is 15.8 Å². The molecule has 0 saturated heterocycles. The average Bonchev–Trinajstić information content (AvgIpc) is 2.20. The molecular weight excluding hydrogens is 298 g/mol. The molecular formula is C13H20BrNOS. The number of benzene rings is 1. The molecule has 0 heterocycles. The van der Waals surface area contributed by atoms with Gasteiger partial charge >= 0.3 is 0 Å². The fourth-order valence-corrected chi connectivity index (χ4v) is 2.49. The predicted molar refractivity (Wildman–Crippen MR) is 78.3 cm³/mol. The summed E-state index contributed by atoms with van der Waals surface area (Å²) in [6.07, 6.45) is 0. The molecule has 2 nitrogen and oxygen atoms in total. The van der Waals surface area contributed by atoms with Crippen LogP contribution >= 0.6 is 15.9 Å². The zero-order valence-corrected chi connectivity index (χ0v) is 13.4. The minimum atomic E-state index is -1.05. The van der Waals surface area contributed by atoms with Crippen molar-refractivity contribution < 1.29 is 4.55 Å². The summed E-state index contributed by atoms with van der Waals surface area (Å²) in [6, 6.07) is 6.29. The molecule has 0 bridgehead atoms. The number of hydrogen-bond acceptors (Lipinski definition) is 2. The van der Waals surface area contributed by atoms with Crippen LogP contribution in [0.2, 0.25) is 0 Å². The van der Waals surface area contributed by atoms with E-state index in [-0.39, 0.29) is 10.8 Å². The van der Waals surface area contributed by atoms with Gasteiger partial charge in [-0.3, -0.25) is 0 Å². The van der Waals surface area contributed by atoms with Crippen molar-refractivity contribution in [2.45, 2.75) is 45.4 Å². The van der Waals surface area contributed by atoms with Gasteiger partial charge in [-0.15, -0.1) is 4.72 Å². The molecule has 1 aromatic rings. The summed E-state index contributed by atoms with van der Waals surface area (Å²) in [6.45, 7) is 9.98. The molecule has 0 radical (unpaired) electrons. The van der Waals surface area contributed by atoms with Crippen molar-refractivity contribution in [1.29, 1.82) is 0 Å². The van der Waals surface area contributed by atoms with E-state index in [4.69, 9.17) is 0 Å². The molecule has 1 N–H and O–H groups in total. The Balaban J connectivity index is 2.76. The Morgan fingerprint density at radius 2 is 1.94 bits per heavy atom. The van der Waals surface area contributed by atoms with Crippen LogP contribution < -0.4 is 4.72 Å². The highest BCUT2D eigenvalue weighted by Gasteiger charge is 2.28. The van der Waals surface area contributed by atoms with Gasteiger partial charge in [-0.05, 0) is 51.8 Å². The van der Waals surface area contributed by atoms with E-state index >= 15 is 0 Å². The maximum Gasteiger partial charge on any atom is 0.136 e. The van der Waals surface area contributed by atoms with Crippen LogP contribution in [0, 0.1) is 6.92 Å². The number of hydrogen-bond donors (Lipinski definition) is 1. The van der Waals surface area contributed by atoms with Crippen molar-refractivity contribution in [3.05, 3.63) is 33.8 Å². The standard InChI is InChI=1S/C13H20BrNOS/c1-9-6-7-11(8-12(9)14)10(2)15-17(16)13(3,4)5/h6-8,10,15H,1-5H3/t10-,17?/m1/s1. The highest BCUT2D eigenvalue weighted by atomic mass is 79.9. The Morgan fingerprint density at radius 1 is 1.35 bits per heavy atom. The van der Waals surface area contributed by atoms with Crippen molar-refractivity contribution in [3.8, 4) is 0 Å². The maximum absolute atomic E-state index is 12.0. The zero-order chi connectivity index (χ0) is 13.2. The normalized spacial score (nSPS) is 15.7. The van der Waals surface area contributed by atoms with Crippen LogP contribution in [0.1, 0.15) is 44.9 Å². The van der Waals surface area contributed by atoms with Crippen LogP contribution in [0.15, 0.2) is 22.7 Å². The lowest BCUT2D eigenvalue weighted by Crippen LogP contribution is -2.40. The monoisotopic (exact) mass is 317 g/mol. The number of halogens is 1. The molecule has 1 aromatic carbocycles. The lowest BCUT2D eigenvalue weighted by molar-refractivity contribution is 0.531. The molecule has 1 unspecified atom stereocenters. The van der Waals surface area contributed by atoms with Gasteiger partial charge in [0.25, 0.3) is 0 Å². The molecule has 4 heteroatoms. The van der Waals surface area contributed by atoms with E-state index in [1.165, 1.54) is 5.56 Å². The van der Waals surface area contributed by atoms with Gasteiger partial charge in [0.15, 0.2) is 0 Å². The van der Waals surface area contributed by atoms with E-state index in [0.29, 0.717) is 0 Å². The summed E-state index contributed by atoms with van der Waals surface area (Å²) in [7, 11) is 0. The molecule has 17 heavy (non-hydrogen) atoms. The minimum Gasteiger partial charge on any atom is -0.598 e. The summed E-state index contributed by atoms with van der Waals surface area (Å²) in [4.78, 5) is 0. The molecule has 96 valence electrons. The third-order valence-electron chi connectivity index (χ3n) is 2.54. The Kier molecular flexibility index (Phi) is 5.07. The summed E-state index contributed by atoms with van der Waals surface area (Å²) in [5.41, 5.74) is 2.35. The van der Waals surface area contributed by atoms with Gasteiger partial charge in [-0.2, -0.15) is 0 Å². The van der Waals surface area contributed by atoms with E-state index in [1.807, 2.05) is 27.7 Å². The quantitative estimate of drug-likeness (QED) is 0.859. The molecule has 0 aliphatic carbocycles. The van der Waals surface area contributed by atoms with Crippen LogP contribution in [-0.2, 0) is 11.4 Å². The lowest BCUT2D eigenvalue weighted by atomic mass is 10.1. The van der Waals surface area contributed by atoms with Gasteiger partial charge < -0.3 is 4.55 Å². The first-order chi connectivity index (χ1) is 7.71. The molecule has 2 atom stereocenters. The molecule has 0 aliphatic rings. The molecule has 0 spiro atoms. The van der Waals surface area contributed by atoms with Crippen molar-refractivity contribution in [3.63, 3.8) is 0 Å². The molecule has 1 rings (SSSR count). The van der Waals surface area contributed by atoms with E-state index < -0.39 is 11.4 Å². The van der Waals surface area contributed by atoms with Gasteiger partial charge in [-0.1, -0.05) is 28.1 Å². The molecule has 0 saturated carbocycles. The van der Waals surface area contributed by atoms with Gasteiger partial charge in [-0.25, -0.2) is 0 Å². The topological polar surface area (TPSA) is 35.1 Å². The van der Waals surface area contributed by atoms with Crippen molar-refractivity contribution in [2.24, 2.45) is 0 Å². The summed E-state index contributed by atoms with van der Waals surface area (Å²) in [5, 5.41) is 0. The van der Waals surface area contributed by atoms with Crippen LogP contribution in [0.3, 0.4) is 0 Å². The maximum atomic E-state index is 12.0. The minimum absolute atomic E-state index is 0.0759. The van der Waals surface area contributed by atoms with Crippen LogP contribution in [0.4, 0.5) is 0 Å². The first-order valence-electron chi connectivity index (χ1n) is 5.66. The Labute approximate surface area is 116 Å². The Hall–Kier alpha value is -0.0300. The first kappa shape index (κ1) is 15.0. The zero-order valence-electron chi connectivity index (χ0n) is 11.0. The third-order valence-corrected chi connectivity index (χ3v) is 5.07. The van der Waals surface area contributed by atoms with Crippen molar-refractivity contribution in [1.82, 2.24) is 4.72 Å². The summed E-state index contributed by atoms with van der Waals surface area (Å²) < 4.78 is 16.0. The fraction of sp³-hybridized carbons (Fsp3) is 0.538. The van der Waals surface area contributed by atoms with Crippen molar-refractivity contribution in [2.75, 3.05) is 0 Å². The van der Waals surface area contributed by atoms with Gasteiger partial charge in [0.05, 0.1) is 6.04 Å². The highest BCUT2D eigenvalue weighted by Crippen LogP contribution is 2.24. The van der Waals surface area contributed by atoms with Crippen LogP contribution in [-0.4, -0.2) is 9.30 Å². The van der Waals surface area contributed by atoms with Crippen molar-refractivity contribution >= 4 is 27.3 Å².